The molecule has 31 heavy (non-hydrogen) atoms. The lowest BCUT2D eigenvalue weighted by Gasteiger charge is -2.38. The van der Waals surface area contributed by atoms with E-state index in [1.165, 1.54) is 23.1 Å². The van der Waals surface area contributed by atoms with Gasteiger partial charge in [-0.2, -0.15) is 0 Å². The first kappa shape index (κ1) is 22.1. The highest BCUT2D eigenvalue weighted by Gasteiger charge is 2.41. The minimum Gasteiger partial charge on any atom is -0.492 e. The number of nitrogens with zero attached hydrogens (tertiary/aromatic N) is 2. The summed E-state index contributed by atoms with van der Waals surface area (Å²) >= 11 is 0. The Morgan fingerprint density at radius 2 is 1.97 bits per heavy atom. The number of ether oxygens (including phenoxy) is 2. The summed E-state index contributed by atoms with van der Waals surface area (Å²) in [5, 5.41) is 14.1. The Hall–Kier alpha value is -3.62. The molecule has 0 aliphatic carbocycles. The molecule has 2 aromatic rings. The molecule has 2 unspecified atom stereocenters. The zero-order valence-electron chi connectivity index (χ0n) is 17.8. The van der Waals surface area contributed by atoms with E-state index in [0.29, 0.717) is 23.8 Å². The minimum atomic E-state index is -0.951. The summed E-state index contributed by atoms with van der Waals surface area (Å²) in [5.41, 5.74) is 0.468. The van der Waals surface area contributed by atoms with Crippen LogP contribution >= 0.6 is 0 Å². The molecule has 2 amide bonds. The molecule has 3 rings (SSSR count). The maximum atomic E-state index is 13.2. The van der Waals surface area contributed by atoms with E-state index in [1.807, 2.05) is 20.8 Å². The van der Waals surface area contributed by atoms with E-state index < -0.39 is 28.9 Å². The maximum Gasteiger partial charge on any atom is 0.271 e. The number of benzene rings is 2. The summed E-state index contributed by atoms with van der Waals surface area (Å²) in [4.78, 5) is 38.3. The topological polar surface area (TPSA) is 111 Å². The third-order valence-electron chi connectivity index (χ3n) is 4.96. The van der Waals surface area contributed by atoms with E-state index >= 15 is 0 Å². The molecule has 164 valence electrons. The molecule has 0 saturated heterocycles. The molecule has 2 aromatic carbocycles. The molecule has 1 aliphatic heterocycles. The fourth-order valence-corrected chi connectivity index (χ4v) is 3.38. The van der Waals surface area contributed by atoms with Crippen LogP contribution in [-0.4, -0.2) is 35.5 Å². The largest absolute Gasteiger partial charge is 0.492 e. The van der Waals surface area contributed by atoms with Crippen molar-refractivity contribution in [1.82, 2.24) is 0 Å². The van der Waals surface area contributed by atoms with Crippen LogP contribution < -0.4 is 19.7 Å². The second kappa shape index (κ2) is 9.03. The number of anilines is 2. The van der Waals surface area contributed by atoms with Crippen LogP contribution in [0.5, 0.6) is 11.5 Å². The molecule has 0 bridgehead atoms. The standard InChI is InChI=1S/C22H25N3O6/c1-5-30-18-9-7-6-8-16(18)23-21(26)14(4)24-17-12-15(25(28)29)10-11-19(17)31-20(13(2)3)22(24)27/h6-14,20H,5H2,1-4H3,(H,23,26). The number of carbonyl (C=O) groups is 2. The number of nitro benzene ring substituents is 1. The summed E-state index contributed by atoms with van der Waals surface area (Å²) < 4.78 is 11.3. The fourth-order valence-electron chi connectivity index (χ4n) is 3.38. The number of amides is 2. The molecule has 0 radical (unpaired) electrons. The Kier molecular flexibility index (Phi) is 6.43. The average Bonchev–Trinajstić information content (AvgIpc) is 2.73. The number of hydrogen-bond donors (Lipinski definition) is 1. The maximum absolute atomic E-state index is 13.2. The summed E-state index contributed by atoms with van der Waals surface area (Å²) in [6.07, 6.45) is -0.806. The van der Waals surface area contributed by atoms with Gasteiger partial charge in [-0.25, -0.2) is 0 Å². The van der Waals surface area contributed by atoms with Crippen LogP contribution in [-0.2, 0) is 9.59 Å². The molecule has 0 aromatic heterocycles. The van der Waals surface area contributed by atoms with Gasteiger partial charge >= 0.3 is 0 Å². The summed E-state index contributed by atoms with van der Waals surface area (Å²) in [7, 11) is 0. The number of para-hydroxylation sites is 2. The Morgan fingerprint density at radius 3 is 2.61 bits per heavy atom. The number of hydrogen-bond acceptors (Lipinski definition) is 6. The van der Waals surface area contributed by atoms with Gasteiger partial charge in [0.1, 0.15) is 17.5 Å². The van der Waals surface area contributed by atoms with Crippen LogP contribution in [0.3, 0.4) is 0 Å². The summed E-state index contributed by atoms with van der Waals surface area (Å²) in [6, 6.07) is 10.1. The number of nitrogens with one attached hydrogen (secondary N) is 1. The zero-order chi connectivity index (χ0) is 22.7. The van der Waals surface area contributed by atoms with Gasteiger partial charge in [-0.1, -0.05) is 26.0 Å². The van der Waals surface area contributed by atoms with Crippen molar-refractivity contribution in [3.63, 3.8) is 0 Å². The predicted molar refractivity (Wildman–Crippen MR) is 116 cm³/mol. The Morgan fingerprint density at radius 1 is 1.26 bits per heavy atom. The van der Waals surface area contributed by atoms with E-state index in [4.69, 9.17) is 9.47 Å². The lowest BCUT2D eigenvalue weighted by Crippen LogP contribution is -2.55. The van der Waals surface area contributed by atoms with Crippen molar-refractivity contribution in [2.45, 2.75) is 39.8 Å². The first-order chi connectivity index (χ1) is 14.7. The van der Waals surface area contributed by atoms with Gasteiger partial charge in [-0.15, -0.1) is 0 Å². The monoisotopic (exact) mass is 427 g/mol. The highest BCUT2D eigenvalue weighted by Crippen LogP contribution is 2.39. The molecule has 0 saturated carbocycles. The van der Waals surface area contributed by atoms with E-state index in [1.54, 1.807) is 31.2 Å². The Bertz CT molecular complexity index is 1010. The first-order valence-corrected chi connectivity index (χ1v) is 10.1. The molecular formula is C22H25N3O6. The van der Waals surface area contributed by atoms with E-state index in [-0.39, 0.29) is 17.3 Å². The van der Waals surface area contributed by atoms with Crippen molar-refractivity contribution in [2.24, 2.45) is 5.92 Å². The quantitative estimate of drug-likeness (QED) is 0.532. The SMILES string of the molecule is CCOc1ccccc1NC(=O)C(C)N1C(=O)C(C(C)C)Oc2ccc([N+](=O)[O-])cc21. The van der Waals surface area contributed by atoms with Gasteiger partial charge in [-0.3, -0.25) is 24.6 Å². The average molecular weight is 427 g/mol. The fraction of sp³-hybridized carbons (Fsp3) is 0.364. The summed E-state index contributed by atoms with van der Waals surface area (Å²) in [5.74, 6) is -0.216. The Balaban J connectivity index is 1.97. The third-order valence-corrected chi connectivity index (χ3v) is 4.96. The molecule has 2 atom stereocenters. The summed E-state index contributed by atoms with van der Waals surface area (Å²) in [6.45, 7) is 7.50. The van der Waals surface area contributed by atoms with E-state index in [2.05, 4.69) is 5.32 Å². The van der Waals surface area contributed by atoms with Gasteiger partial charge in [-0.05, 0) is 38.0 Å². The Labute approximate surface area is 180 Å². The van der Waals surface area contributed by atoms with Crippen molar-refractivity contribution in [2.75, 3.05) is 16.8 Å². The lowest BCUT2D eigenvalue weighted by atomic mass is 10.0. The second-order valence-corrected chi connectivity index (χ2v) is 7.49. The van der Waals surface area contributed by atoms with Crippen LogP contribution in [0.4, 0.5) is 17.1 Å². The van der Waals surface area contributed by atoms with Crippen LogP contribution in [0.1, 0.15) is 27.7 Å². The number of carbonyl (C=O) groups excluding carboxylic acids is 2. The van der Waals surface area contributed by atoms with Crippen molar-refractivity contribution in [3.8, 4) is 11.5 Å². The number of fused-ring (bicyclic) bond motifs is 1. The highest BCUT2D eigenvalue weighted by molar-refractivity contribution is 6.08. The minimum absolute atomic E-state index is 0.160. The van der Waals surface area contributed by atoms with Gasteiger partial charge in [0, 0.05) is 12.1 Å². The van der Waals surface area contributed by atoms with Crippen LogP contribution in [0.25, 0.3) is 0 Å². The molecule has 1 N–H and O–H groups in total. The smallest absolute Gasteiger partial charge is 0.271 e. The lowest BCUT2D eigenvalue weighted by molar-refractivity contribution is -0.384. The molecule has 0 spiro atoms. The molecule has 1 aliphatic rings. The number of rotatable bonds is 7. The first-order valence-electron chi connectivity index (χ1n) is 10.1. The third kappa shape index (κ3) is 4.45. The predicted octanol–water partition coefficient (Wildman–Crippen LogP) is 3.77. The molecule has 1 heterocycles. The van der Waals surface area contributed by atoms with Crippen molar-refractivity contribution in [3.05, 3.63) is 52.6 Å². The zero-order valence-corrected chi connectivity index (χ0v) is 17.8. The number of non-ortho nitro benzene ring substituents is 1. The van der Waals surface area contributed by atoms with Crippen LogP contribution in [0.15, 0.2) is 42.5 Å². The van der Waals surface area contributed by atoms with Crippen molar-refractivity contribution < 1.29 is 24.0 Å². The second-order valence-electron chi connectivity index (χ2n) is 7.49. The van der Waals surface area contributed by atoms with E-state index in [0.717, 1.165) is 0 Å². The van der Waals surface area contributed by atoms with Gasteiger partial charge in [0.25, 0.3) is 11.6 Å². The van der Waals surface area contributed by atoms with Crippen molar-refractivity contribution in [1.29, 1.82) is 0 Å². The van der Waals surface area contributed by atoms with Gasteiger partial charge < -0.3 is 14.8 Å². The molecule has 9 heteroatoms. The van der Waals surface area contributed by atoms with Crippen LogP contribution in [0.2, 0.25) is 0 Å². The van der Waals surface area contributed by atoms with Crippen molar-refractivity contribution >= 4 is 28.9 Å². The molecule has 9 nitrogen and oxygen atoms in total. The van der Waals surface area contributed by atoms with Gasteiger partial charge in [0.2, 0.25) is 5.91 Å². The highest BCUT2D eigenvalue weighted by atomic mass is 16.6. The normalized spacial score (nSPS) is 16.4. The molecular weight excluding hydrogens is 402 g/mol. The van der Waals surface area contributed by atoms with Gasteiger partial charge in [0.05, 0.1) is 22.9 Å². The van der Waals surface area contributed by atoms with E-state index in [9.17, 15) is 19.7 Å². The number of nitro groups is 1. The van der Waals surface area contributed by atoms with Crippen LogP contribution in [0, 0.1) is 16.0 Å². The van der Waals surface area contributed by atoms with Gasteiger partial charge in [0.15, 0.2) is 6.10 Å². The molecule has 0 fully saturated rings.